The van der Waals surface area contributed by atoms with E-state index in [1.54, 1.807) is 24.1 Å². The van der Waals surface area contributed by atoms with Gasteiger partial charge < -0.3 is 4.90 Å². The monoisotopic (exact) mass is 532 g/mol. The Morgan fingerprint density at radius 2 is 1.97 bits per heavy atom. The maximum absolute atomic E-state index is 13.5. The van der Waals surface area contributed by atoms with E-state index in [0.29, 0.717) is 17.1 Å². The SMILES string of the molecule is CCc1nc2c(C)cc(C3=CCN(SC)CC3)cn2c1N(CC)c1nc(-c2ccc(F)cc2)c(C#N)s1. The fourth-order valence-corrected chi connectivity index (χ4v) is 6.25. The number of hydrogen-bond donors (Lipinski definition) is 0. The zero-order valence-electron chi connectivity index (χ0n) is 21.5. The number of fused-ring (bicyclic) bond motifs is 1. The van der Waals surface area contributed by atoms with Gasteiger partial charge in [0.1, 0.15) is 33.9 Å². The minimum Gasteiger partial charge on any atom is -0.302 e. The summed E-state index contributed by atoms with van der Waals surface area (Å²) in [7, 11) is 0. The highest BCUT2D eigenvalue weighted by atomic mass is 32.2. The van der Waals surface area contributed by atoms with Crippen molar-refractivity contribution in [2.75, 3.05) is 30.8 Å². The van der Waals surface area contributed by atoms with E-state index in [4.69, 9.17) is 9.97 Å². The molecule has 1 aliphatic heterocycles. The molecule has 0 spiro atoms. The van der Waals surface area contributed by atoms with Gasteiger partial charge in [0.25, 0.3) is 0 Å². The normalized spacial score (nSPS) is 14.1. The summed E-state index contributed by atoms with van der Waals surface area (Å²) in [6.45, 7) is 8.95. The van der Waals surface area contributed by atoms with Crippen LogP contribution >= 0.6 is 23.3 Å². The Hall–Kier alpha value is -3.19. The Labute approximate surface area is 225 Å². The van der Waals surface area contributed by atoms with E-state index >= 15 is 0 Å². The lowest BCUT2D eigenvalue weighted by Crippen LogP contribution is -2.21. The third-order valence-corrected chi connectivity index (χ3v) is 8.55. The second-order valence-electron chi connectivity index (χ2n) is 8.93. The summed E-state index contributed by atoms with van der Waals surface area (Å²) in [5.41, 5.74) is 6.94. The van der Waals surface area contributed by atoms with E-state index in [0.717, 1.165) is 59.3 Å². The molecule has 1 aliphatic rings. The van der Waals surface area contributed by atoms with Crippen molar-refractivity contribution in [3.8, 4) is 17.3 Å². The van der Waals surface area contributed by atoms with Crippen molar-refractivity contribution in [2.24, 2.45) is 0 Å². The molecule has 0 atom stereocenters. The van der Waals surface area contributed by atoms with E-state index in [-0.39, 0.29) is 5.82 Å². The molecule has 0 bridgehead atoms. The highest BCUT2D eigenvalue weighted by Crippen LogP contribution is 2.38. The van der Waals surface area contributed by atoms with Gasteiger partial charge in [0.15, 0.2) is 5.13 Å². The van der Waals surface area contributed by atoms with Crippen LogP contribution in [0.25, 0.3) is 22.5 Å². The second kappa shape index (κ2) is 10.7. The summed E-state index contributed by atoms with van der Waals surface area (Å²) in [5.74, 6) is 0.669. The largest absolute Gasteiger partial charge is 0.302 e. The molecule has 0 fully saturated rings. The molecule has 9 heteroatoms. The van der Waals surface area contributed by atoms with Crippen LogP contribution in [0.5, 0.6) is 0 Å². The molecule has 190 valence electrons. The Morgan fingerprint density at radius 1 is 1.19 bits per heavy atom. The number of anilines is 2. The van der Waals surface area contributed by atoms with Crippen molar-refractivity contribution in [1.29, 1.82) is 5.26 Å². The van der Waals surface area contributed by atoms with Gasteiger partial charge in [-0.2, -0.15) is 5.26 Å². The number of benzene rings is 1. The molecule has 6 nitrogen and oxygen atoms in total. The first-order chi connectivity index (χ1) is 18.0. The number of nitriles is 1. The Morgan fingerprint density at radius 3 is 2.59 bits per heavy atom. The van der Waals surface area contributed by atoms with Crippen molar-refractivity contribution in [1.82, 2.24) is 18.7 Å². The predicted molar refractivity (Wildman–Crippen MR) is 152 cm³/mol. The zero-order valence-corrected chi connectivity index (χ0v) is 23.1. The lowest BCUT2D eigenvalue weighted by molar-refractivity contribution is 0.518. The van der Waals surface area contributed by atoms with Crippen LogP contribution in [0.15, 0.2) is 42.6 Å². The van der Waals surface area contributed by atoms with Gasteiger partial charge in [-0.05, 0) is 80.0 Å². The second-order valence-corrected chi connectivity index (χ2v) is 10.8. The van der Waals surface area contributed by atoms with Gasteiger partial charge in [-0.25, -0.2) is 18.7 Å². The molecule has 0 saturated carbocycles. The number of aryl methyl sites for hydroxylation is 2. The topological polar surface area (TPSA) is 60.5 Å². The molecule has 37 heavy (non-hydrogen) atoms. The van der Waals surface area contributed by atoms with Crippen molar-refractivity contribution < 1.29 is 4.39 Å². The van der Waals surface area contributed by atoms with E-state index in [9.17, 15) is 9.65 Å². The minimum atomic E-state index is -0.313. The quantitative estimate of drug-likeness (QED) is 0.242. The summed E-state index contributed by atoms with van der Waals surface area (Å²) >= 11 is 3.14. The summed E-state index contributed by atoms with van der Waals surface area (Å²) in [4.78, 5) is 12.5. The fourth-order valence-electron chi connectivity index (χ4n) is 4.80. The molecular formula is C28H29FN6S2. The van der Waals surface area contributed by atoms with E-state index in [1.165, 1.54) is 34.6 Å². The van der Waals surface area contributed by atoms with Crippen LogP contribution in [-0.2, 0) is 6.42 Å². The number of imidazole rings is 1. The van der Waals surface area contributed by atoms with Crippen LogP contribution in [0.1, 0.15) is 42.0 Å². The number of hydrogen-bond acceptors (Lipinski definition) is 7. The highest BCUT2D eigenvalue weighted by molar-refractivity contribution is 7.96. The van der Waals surface area contributed by atoms with Gasteiger partial charge in [0, 0.05) is 31.4 Å². The van der Waals surface area contributed by atoms with E-state index < -0.39 is 0 Å². The fraction of sp³-hybridized carbons (Fsp3) is 0.321. The van der Waals surface area contributed by atoms with Gasteiger partial charge in [0.2, 0.25) is 0 Å². The zero-order chi connectivity index (χ0) is 26.1. The van der Waals surface area contributed by atoms with Gasteiger partial charge >= 0.3 is 0 Å². The number of nitrogens with zero attached hydrogens (tertiary/aromatic N) is 6. The number of halogens is 1. The standard InChI is InChI=1S/C28H29FN6S2/c1-5-23-27(34(6-2)28-32-25(24(16-30)37-28)20-7-9-22(29)10-8-20)35-17-21(15-18(3)26(35)31-23)19-11-13-33(36-4)14-12-19/h7-11,15,17H,5-6,12-14H2,1-4H3. The maximum Gasteiger partial charge on any atom is 0.192 e. The summed E-state index contributed by atoms with van der Waals surface area (Å²) in [5, 5.41) is 10.6. The first-order valence-electron chi connectivity index (χ1n) is 12.4. The Balaban J connectivity index is 1.63. The number of aromatic nitrogens is 3. The predicted octanol–water partition coefficient (Wildman–Crippen LogP) is 6.86. The molecule has 3 aromatic heterocycles. The Bertz CT molecular complexity index is 1510. The van der Waals surface area contributed by atoms with Crippen LogP contribution in [0, 0.1) is 24.1 Å². The van der Waals surface area contributed by atoms with Crippen LogP contribution in [0.3, 0.4) is 0 Å². The van der Waals surface area contributed by atoms with Crippen molar-refractivity contribution in [2.45, 2.75) is 33.6 Å². The van der Waals surface area contributed by atoms with Crippen LogP contribution in [0.4, 0.5) is 15.3 Å². The van der Waals surface area contributed by atoms with Crippen LogP contribution < -0.4 is 4.90 Å². The third-order valence-electron chi connectivity index (χ3n) is 6.72. The Kier molecular flexibility index (Phi) is 7.33. The van der Waals surface area contributed by atoms with E-state index in [1.807, 2.05) is 0 Å². The maximum atomic E-state index is 13.5. The molecule has 0 saturated heterocycles. The average Bonchev–Trinajstić information content (AvgIpc) is 3.52. The minimum absolute atomic E-state index is 0.313. The summed E-state index contributed by atoms with van der Waals surface area (Å²) in [6, 6.07) is 10.7. The molecule has 1 aromatic carbocycles. The molecule has 4 heterocycles. The molecular weight excluding hydrogens is 503 g/mol. The number of pyridine rings is 1. The molecule has 0 radical (unpaired) electrons. The lowest BCUT2D eigenvalue weighted by Gasteiger charge is -2.24. The number of rotatable bonds is 7. The van der Waals surface area contributed by atoms with Gasteiger partial charge in [-0.1, -0.05) is 36.3 Å². The van der Waals surface area contributed by atoms with Crippen molar-refractivity contribution >= 4 is 45.5 Å². The molecule has 5 rings (SSSR count). The van der Waals surface area contributed by atoms with E-state index in [2.05, 4.69) is 65.0 Å². The summed E-state index contributed by atoms with van der Waals surface area (Å²) < 4.78 is 18.1. The highest BCUT2D eigenvalue weighted by Gasteiger charge is 2.25. The smallest absolute Gasteiger partial charge is 0.192 e. The van der Waals surface area contributed by atoms with Crippen LogP contribution in [0.2, 0.25) is 0 Å². The molecule has 0 N–H and O–H groups in total. The first kappa shape index (κ1) is 25.5. The van der Waals surface area contributed by atoms with Crippen molar-refractivity contribution in [3.63, 3.8) is 0 Å². The van der Waals surface area contributed by atoms with Gasteiger partial charge in [-0.15, -0.1) is 0 Å². The molecule has 0 amide bonds. The van der Waals surface area contributed by atoms with Gasteiger partial charge in [0.05, 0.1) is 5.69 Å². The number of thiazole rings is 1. The molecule has 0 aliphatic carbocycles. The van der Waals surface area contributed by atoms with Crippen molar-refractivity contribution in [3.05, 3.63) is 70.1 Å². The third kappa shape index (κ3) is 4.77. The van der Waals surface area contributed by atoms with Crippen LogP contribution in [-0.4, -0.2) is 44.6 Å². The lowest BCUT2D eigenvalue weighted by atomic mass is 10.0. The molecule has 0 unspecified atom stereocenters. The summed E-state index contributed by atoms with van der Waals surface area (Å²) in [6.07, 6.45) is 8.43. The molecule has 4 aromatic rings. The van der Waals surface area contributed by atoms with Gasteiger partial charge in [-0.3, -0.25) is 4.40 Å². The average molecular weight is 533 g/mol. The first-order valence-corrected chi connectivity index (χ1v) is 14.4.